The Morgan fingerprint density at radius 3 is 2.61 bits per heavy atom. The first-order chi connectivity index (χ1) is 21.3. The summed E-state index contributed by atoms with van der Waals surface area (Å²) in [6.07, 6.45) is 2.88. The summed E-state index contributed by atoms with van der Waals surface area (Å²) in [6, 6.07) is 13.3. The van der Waals surface area contributed by atoms with Crippen LogP contribution >= 0.6 is 0 Å². The Hall–Kier alpha value is -4.32. The molecule has 1 aliphatic carbocycles. The Morgan fingerprint density at radius 2 is 1.80 bits per heavy atom. The van der Waals surface area contributed by atoms with E-state index < -0.39 is 30.4 Å². The van der Waals surface area contributed by atoms with E-state index in [1.54, 1.807) is 4.57 Å². The lowest BCUT2D eigenvalue weighted by atomic mass is 10.1. The van der Waals surface area contributed by atoms with E-state index in [1.807, 2.05) is 0 Å². The number of carbonyl (C=O) groups is 1. The molecule has 0 bridgehead atoms. The highest BCUT2D eigenvalue weighted by Gasteiger charge is 2.48. The van der Waals surface area contributed by atoms with Gasteiger partial charge in [0.2, 0.25) is 0 Å². The number of aliphatic hydroxyl groups is 2. The largest absolute Gasteiger partial charge is 0.387 e. The van der Waals surface area contributed by atoms with E-state index in [2.05, 4.69) is 93.5 Å². The third kappa shape index (κ3) is 5.31. The van der Waals surface area contributed by atoms with Crippen LogP contribution in [-0.4, -0.2) is 71.1 Å². The summed E-state index contributed by atoms with van der Waals surface area (Å²) in [5.74, 6) is 0.133. The molecule has 11 nitrogen and oxygen atoms in total. The number of fused-ring (bicyclic) bond motifs is 2. The first-order valence-electron chi connectivity index (χ1n) is 15.1. The predicted octanol–water partition coefficient (Wildman–Crippen LogP) is 3.31. The number of aromatic nitrogens is 5. The molecule has 44 heavy (non-hydrogen) atoms. The summed E-state index contributed by atoms with van der Waals surface area (Å²) < 4.78 is 9.72. The zero-order chi connectivity index (χ0) is 30.5. The van der Waals surface area contributed by atoms with Crippen LogP contribution in [0, 0.1) is 20.8 Å². The van der Waals surface area contributed by atoms with E-state index in [0.717, 1.165) is 25.8 Å². The summed E-state index contributed by atoms with van der Waals surface area (Å²) in [5, 5.41) is 28.8. The number of rotatable bonds is 9. The van der Waals surface area contributed by atoms with Gasteiger partial charge in [-0.15, -0.1) is 0 Å². The highest BCUT2D eigenvalue weighted by atomic mass is 16.6. The summed E-state index contributed by atoms with van der Waals surface area (Å²) >= 11 is 0. The molecule has 2 aliphatic rings. The number of ether oxygens (including phenoxy) is 1. The first kappa shape index (κ1) is 28.5. The number of nitrogens with one attached hydrogen (secondary N) is 2. The Balaban J connectivity index is 1.09. The minimum atomic E-state index is -1.36. The molecule has 0 unspecified atom stereocenters. The molecule has 1 saturated heterocycles. The molecular formula is C33H37N7O4. The second-order valence-corrected chi connectivity index (χ2v) is 12.2. The summed E-state index contributed by atoms with van der Waals surface area (Å²) in [4.78, 5) is 25.9. The standard InChI is InChI=1S/C33H37N7O4/c1-18-4-6-20(3)22(12-18)15-39-14-21(24-13-19(2)5-9-25(24)39)10-11-34-30-26-31(36-16-35-30)40(17-37-26)33-28(42)27(41)29(44-33)32(43)38-23-7-8-23/h4-6,9,12-14,16-17,23,27-29,33,41-42H,7-8,10-11,15H2,1-3H3,(H,38,43)(H,34,35,36)/t27-,28+,29-,33+/m0/s1. The smallest absolute Gasteiger partial charge is 0.252 e. The van der Waals surface area contributed by atoms with Crippen molar-refractivity contribution in [3.63, 3.8) is 0 Å². The van der Waals surface area contributed by atoms with Crippen molar-refractivity contribution in [2.45, 2.75) is 77.2 Å². The number of amides is 1. The van der Waals surface area contributed by atoms with Gasteiger partial charge in [-0.3, -0.25) is 9.36 Å². The summed E-state index contributed by atoms with van der Waals surface area (Å²) in [5.41, 5.74) is 8.45. The number of hydrogen-bond acceptors (Lipinski definition) is 8. The Bertz CT molecular complexity index is 1860. The van der Waals surface area contributed by atoms with Crippen LogP contribution in [0.15, 0.2) is 55.2 Å². The van der Waals surface area contributed by atoms with Crippen LogP contribution in [-0.2, 0) is 22.5 Å². The van der Waals surface area contributed by atoms with Crippen LogP contribution in [0.1, 0.15) is 46.9 Å². The lowest BCUT2D eigenvalue weighted by molar-refractivity contribution is -0.137. The van der Waals surface area contributed by atoms with Gasteiger partial charge in [0.15, 0.2) is 29.3 Å². The van der Waals surface area contributed by atoms with E-state index in [4.69, 9.17) is 4.74 Å². The maximum atomic E-state index is 12.6. The fraction of sp³-hybridized carbons (Fsp3) is 0.394. The molecule has 0 spiro atoms. The topological polar surface area (TPSA) is 139 Å². The quantitative estimate of drug-likeness (QED) is 0.204. The average molecular weight is 596 g/mol. The molecule has 2 aromatic carbocycles. The van der Waals surface area contributed by atoms with Gasteiger partial charge in [-0.05, 0) is 68.9 Å². The second kappa shape index (κ2) is 11.3. The molecule has 3 aromatic heterocycles. The molecule has 11 heteroatoms. The van der Waals surface area contributed by atoms with Crippen LogP contribution in [0.25, 0.3) is 22.1 Å². The van der Waals surface area contributed by atoms with Crippen LogP contribution in [0.3, 0.4) is 0 Å². The second-order valence-electron chi connectivity index (χ2n) is 12.2. The SMILES string of the molecule is Cc1ccc(C)c(Cn2cc(CCNc3ncnc4c3ncn4[C@@H]3O[C@H](C(=O)NC4CC4)[C@@H](O)[C@H]3O)c3cc(C)ccc32)c1. The number of nitrogens with zero attached hydrogens (tertiary/aromatic N) is 5. The first-order valence-corrected chi connectivity index (χ1v) is 15.1. The average Bonchev–Trinajstić information content (AvgIpc) is 3.50. The Labute approximate surface area is 254 Å². The number of benzene rings is 2. The molecule has 7 rings (SSSR count). The van der Waals surface area contributed by atoms with Gasteiger partial charge in [-0.1, -0.05) is 35.4 Å². The molecule has 1 saturated carbocycles. The van der Waals surface area contributed by atoms with E-state index in [1.165, 1.54) is 51.4 Å². The van der Waals surface area contributed by atoms with Gasteiger partial charge in [0.05, 0.1) is 6.33 Å². The third-order valence-corrected chi connectivity index (χ3v) is 8.70. The third-order valence-electron chi connectivity index (χ3n) is 8.70. The van der Waals surface area contributed by atoms with Crippen molar-refractivity contribution in [3.8, 4) is 0 Å². The maximum Gasteiger partial charge on any atom is 0.252 e. The number of carbonyl (C=O) groups excluding carboxylic acids is 1. The van der Waals surface area contributed by atoms with Crippen LogP contribution < -0.4 is 10.6 Å². The molecule has 0 radical (unpaired) electrons. The molecule has 5 aromatic rings. The highest BCUT2D eigenvalue weighted by Crippen LogP contribution is 2.33. The number of aryl methyl sites for hydroxylation is 3. The number of hydrogen-bond donors (Lipinski definition) is 4. The van der Waals surface area contributed by atoms with Gasteiger partial charge in [-0.2, -0.15) is 0 Å². The van der Waals surface area contributed by atoms with Crippen molar-refractivity contribution in [2.24, 2.45) is 0 Å². The minimum absolute atomic E-state index is 0.114. The fourth-order valence-corrected chi connectivity index (χ4v) is 6.07. The summed E-state index contributed by atoms with van der Waals surface area (Å²) in [6.45, 7) is 7.81. The van der Waals surface area contributed by atoms with Gasteiger partial charge in [0.1, 0.15) is 18.5 Å². The van der Waals surface area contributed by atoms with Crippen molar-refractivity contribution in [3.05, 3.63) is 83.1 Å². The molecule has 2 fully saturated rings. The van der Waals surface area contributed by atoms with Gasteiger partial charge in [0.25, 0.3) is 5.91 Å². The lowest BCUT2D eigenvalue weighted by Gasteiger charge is -2.16. The number of imidazole rings is 1. The van der Waals surface area contributed by atoms with Crippen molar-refractivity contribution < 1.29 is 19.7 Å². The number of aliphatic hydroxyl groups excluding tert-OH is 2. The van der Waals surface area contributed by atoms with Crippen LogP contribution in [0.4, 0.5) is 5.82 Å². The van der Waals surface area contributed by atoms with Crippen molar-refractivity contribution in [1.82, 2.24) is 29.4 Å². The Morgan fingerprint density at radius 1 is 1.00 bits per heavy atom. The van der Waals surface area contributed by atoms with Gasteiger partial charge < -0.3 is 30.2 Å². The van der Waals surface area contributed by atoms with E-state index in [-0.39, 0.29) is 6.04 Å². The van der Waals surface area contributed by atoms with Crippen molar-refractivity contribution >= 4 is 33.8 Å². The normalized spacial score (nSPS) is 21.8. The molecular weight excluding hydrogens is 558 g/mol. The van der Waals surface area contributed by atoms with Gasteiger partial charge in [-0.25, -0.2) is 15.0 Å². The highest BCUT2D eigenvalue weighted by molar-refractivity contribution is 5.86. The Kier molecular flexibility index (Phi) is 7.31. The van der Waals surface area contributed by atoms with Crippen LogP contribution in [0.2, 0.25) is 0 Å². The molecule has 1 aliphatic heterocycles. The van der Waals surface area contributed by atoms with Gasteiger partial charge in [0, 0.05) is 36.2 Å². The molecule has 4 heterocycles. The molecule has 1 amide bonds. The van der Waals surface area contributed by atoms with Crippen molar-refractivity contribution in [1.29, 1.82) is 0 Å². The zero-order valence-electron chi connectivity index (χ0n) is 25.1. The van der Waals surface area contributed by atoms with Crippen molar-refractivity contribution in [2.75, 3.05) is 11.9 Å². The van der Waals surface area contributed by atoms with Gasteiger partial charge >= 0.3 is 0 Å². The maximum absolute atomic E-state index is 12.6. The van der Waals surface area contributed by atoms with E-state index >= 15 is 0 Å². The lowest BCUT2D eigenvalue weighted by Crippen LogP contribution is -2.43. The van der Waals surface area contributed by atoms with E-state index in [0.29, 0.717) is 23.5 Å². The summed E-state index contributed by atoms with van der Waals surface area (Å²) in [7, 11) is 0. The fourth-order valence-electron chi connectivity index (χ4n) is 6.07. The van der Waals surface area contributed by atoms with Crippen LogP contribution in [0.5, 0.6) is 0 Å². The monoisotopic (exact) mass is 595 g/mol. The molecule has 4 atom stereocenters. The zero-order valence-corrected chi connectivity index (χ0v) is 25.1. The minimum Gasteiger partial charge on any atom is -0.387 e. The predicted molar refractivity (Wildman–Crippen MR) is 166 cm³/mol. The van der Waals surface area contributed by atoms with E-state index in [9.17, 15) is 15.0 Å². The molecule has 4 N–H and O–H groups in total. The molecule has 228 valence electrons. The number of anilines is 1.